The van der Waals surface area contributed by atoms with Crippen molar-refractivity contribution in [2.24, 2.45) is 0 Å². The maximum atomic E-state index is 12.3. The van der Waals surface area contributed by atoms with E-state index in [-0.39, 0.29) is 23.7 Å². The third-order valence-corrected chi connectivity index (χ3v) is 4.05. The molecule has 0 radical (unpaired) electrons. The molecule has 0 aliphatic heterocycles. The molecule has 1 unspecified atom stereocenters. The van der Waals surface area contributed by atoms with Crippen molar-refractivity contribution >= 4 is 23.2 Å². The van der Waals surface area contributed by atoms with Crippen LogP contribution in [0.3, 0.4) is 0 Å². The molecule has 2 aromatic rings. The lowest BCUT2D eigenvalue weighted by Crippen LogP contribution is -2.29. The van der Waals surface area contributed by atoms with Gasteiger partial charge >= 0.3 is 5.97 Å². The van der Waals surface area contributed by atoms with Crippen LogP contribution in [0.2, 0.25) is 0 Å². The molecule has 2 aromatic heterocycles. The van der Waals surface area contributed by atoms with Crippen molar-refractivity contribution < 1.29 is 14.7 Å². The van der Waals surface area contributed by atoms with Crippen molar-refractivity contribution in [2.75, 3.05) is 0 Å². The van der Waals surface area contributed by atoms with Crippen molar-refractivity contribution in [1.29, 1.82) is 0 Å². The second-order valence-electron chi connectivity index (χ2n) is 4.97. The lowest BCUT2D eigenvalue weighted by atomic mass is 10.3. The molecule has 0 spiro atoms. The van der Waals surface area contributed by atoms with Gasteiger partial charge in [0.05, 0.1) is 6.04 Å². The minimum atomic E-state index is -1.07. The van der Waals surface area contributed by atoms with Gasteiger partial charge in [-0.25, -0.2) is 9.78 Å². The molecule has 0 aliphatic rings. The first-order valence-corrected chi connectivity index (χ1v) is 7.44. The summed E-state index contributed by atoms with van der Waals surface area (Å²) in [7, 11) is 0. The Balaban J connectivity index is 2.11. The standard InChI is InChI=1S/C14H17N3O3S/c1-8(2)17-6-4-5-11(17)12(18)15-9(3)13-16-10(7-21-13)14(19)20/h4-9H,1-3H3,(H,15,18)(H,19,20). The number of aromatic nitrogens is 2. The van der Waals surface area contributed by atoms with Crippen LogP contribution in [0.5, 0.6) is 0 Å². The van der Waals surface area contributed by atoms with Crippen molar-refractivity contribution in [2.45, 2.75) is 32.9 Å². The Labute approximate surface area is 126 Å². The summed E-state index contributed by atoms with van der Waals surface area (Å²) >= 11 is 1.22. The normalized spacial score (nSPS) is 12.4. The highest BCUT2D eigenvalue weighted by Crippen LogP contribution is 2.19. The van der Waals surface area contributed by atoms with E-state index in [1.807, 2.05) is 30.7 Å². The summed E-state index contributed by atoms with van der Waals surface area (Å²) in [6.07, 6.45) is 1.86. The summed E-state index contributed by atoms with van der Waals surface area (Å²) in [6.45, 7) is 5.78. The van der Waals surface area contributed by atoms with Gasteiger partial charge in [-0.15, -0.1) is 11.3 Å². The molecule has 1 atom stereocenters. The Morgan fingerprint density at radius 1 is 1.38 bits per heavy atom. The highest BCUT2D eigenvalue weighted by molar-refractivity contribution is 7.09. The molecular formula is C14H17N3O3S. The molecule has 21 heavy (non-hydrogen) atoms. The zero-order valence-corrected chi connectivity index (χ0v) is 12.8. The largest absolute Gasteiger partial charge is 0.476 e. The number of thiazole rings is 1. The highest BCUT2D eigenvalue weighted by Gasteiger charge is 2.19. The third kappa shape index (κ3) is 3.30. The fraction of sp³-hybridized carbons (Fsp3) is 0.357. The van der Waals surface area contributed by atoms with Gasteiger partial charge in [-0.3, -0.25) is 4.79 Å². The lowest BCUT2D eigenvalue weighted by Gasteiger charge is -2.15. The van der Waals surface area contributed by atoms with E-state index in [4.69, 9.17) is 5.11 Å². The molecule has 2 rings (SSSR count). The smallest absolute Gasteiger partial charge is 0.355 e. The van der Waals surface area contributed by atoms with Crippen LogP contribution >= 0.6 is 11.3 Å². The maximum Gasteiger partial charge on any atom is 0.355 e. The number of aromatic carboxylic acids is 1. The molecule has 2 N–H and O–H groups in total. The molecule has 6 nitrogen and oxygen atoms in total. The number of nitrogens with zero attached hydrogens (tertiary/aromatic N) is 2. The number of carbonyl (C=O) groups excluding carboxylic acids is 1. The van der Waals surface area contributed by atoms with E-state index >= 15 is 0 Å². The summed E-state index contributed by atoms with van der Waals surface area (Å²) in [5.41, 5.74) is 0.577. The van der Waals surface area contributed by atoms with Gasteiger partial charge in [-0.1, -0.05) is 0 Å². The van der Waals surface area contributed by atoms with E-state index in [1.54, 1.807) is 13.0 Å². The van der Waals surface area contributed by atoms with E-state index < -0.39 is 5.97 Å². The number of carbonyl (C=O) groups is 2. The molecule has 0 fully saturated rings. The number of nitrogens with one attached hydrogen (secondary N) is 1. The average Bonchev–Trinajstić information content (AvgIpc) is 3.07. The molecule has 2 heterocycles. The van der Waals surface area contributed by atoms with Gasteiger partial charge in [-0.2, -0.15) is 0 Å². The molecular weight excluding hydrogens is 290 g/mol. The van der Waals surface area contributed by atoms with Crippen LogP contribution in [-0.4, -0.2) is 26.5 Å². The zero-order valence-electron chi connectivity index (χ0n) is 12.0. The van der Waals surface area contributed by atoms with Crippen molar-refractivity contribution in [3.8, 4) is 0 Å². The number of amides is 1. The quantitative estimate of drug-likeness (QED) is 0.889. The van der Waals surface area contributed by atoms with Gasteiger partial charge in [0.25, 0.3) is 5.91 Å². The van der Waals surface area contributed by atoms with Crippen LogP contribution in [0.15, 0.2) is 23.7 Å². The van der Waals surface area contributed by atoms with E-state index in [9.17, 15) is 9.59 Å². The van der Waals surface area contributed by atoms with Gasteiger partial charge < -0.3 is 15.0 Å². The van der Waals surface area contributed by atoms with Gasteiger partial charge in [0.15, 0.2) is 5.69 Å². The molecule has 1 amide bonds. The Morgan fingerprint density at radius 3 is 2.67 bits per heavy atom. The zero-order chi connectivity index (χ0) is 15.6. The minimum Gasteiger partial charge on any atom is -0.476 e. The predicted octanol–water partition coefficient (Wildman–Crippen LogP) is 2.71. The van der Waals surface area contributed by atoms with Gasteiger partial charge in [0.2, 0.25) is 0 Å². The SMILES string of the molecule is CC(NC(=O)c1cccn1C(C)C)c1nc(C(=O)O)cs1. The highest BCUT2D eigenvalue weighted by atomic mass is 32.1. The van der Waals surface area contributed by atoms with E-state index in [0.29, 0.717) is 10.7 Å². The van der Waals surface area contributed by atoms with Crippen molar-refractivity contribution in [1.82, 2.24) is 14.9 Å². The Morgan fingerprint density at radius 2 is 2.10 bits per heavy atom. The molecule has 112 valence electrons. The molecule has 0 aliphatic carbocycles. The fourth-order valence-electron chi connectivity index (χ4n) is 1.95. The van der Waals surface area contributed by atoms with E-state index in [0.717, 1.165) is 0 Å². The van der Waals surface area contributed by atoms with Crippen molar-refractivity contribution in [3.63, 3.8) is 0 Å². The average molecular weight is 307 g/mol. The van der Waals surface area contributed by atoms with E-state index in [2.05, 4.69) is 10.3 Å². The van der Waals surface area contributed by atoms with Crippen LogP contribution in [0.4, 0.5) is 0 Å². The van der Waals surface area contributed by atoms with Crippen LogP contribution in [0, 0.1) is 0 Å². The number of carboxylic acids is 1. The first kappa shape index (κ1) is 15.2. The molecule has 7 heteroatoms. The Bertz CT molecular complexity index is 660. The summed E-state index contributed by atoms with van der Waals surface area (Å²) in [6, 6.07) is 3.43. The number of hydrogen-bond acceptors (Lipinski definition) is 4. The topological polar surface area (TPSA) is 84.2 Å². The summed E-state index contributed by atoms with van der Waals surface area (Å²) in [4.78, 5) is 27.1. The number of rotatable bonds is 5. The van der Waals surface area contributed by atoms with Crippen LogP contribution in [-0.2, 0) is 0 Å². The lowest BCUT2D eigenvalue weighted by molar-refractivity contribution is 0.0691. The monoisotopic (exact) mass is 307 g/mol. The summed E-state index contributed by atoms with van der Waals surface area (Å²) in [5, 5.41) is 13.7. The second kappa shape index (κ2) is 6.09. The molecule has 0 bridgehead atoms. The van der Waals surface area contributed by atoms with Gasteiger partial charge in [-0.05, 0) is 32.9 Å². The van der Waals surface area contributed by atoms with Crippen LogP contribution < -0.4 is 5.32 Å². The van der Waals surface area contributed by atoms with Gasteiger partial charge in [0.1, 0.15) is 10.7 Å². The minimum absolute atomic E-state index is 0.00153. The molecule has 0 saturated carbocycles. The summed E-state index contributed by atoms with van der Waals surface area (Å²) in [5.74, 6) is -1.27. The summed E-state index contributed by atoms with van der Waals surface area (Å²) < 4.78 is 1.88. The van der Waals surface area contributed by atoms with E-state index in [1.165, 1.54) is 16.7 Å². The Hall–Kier alpha value is -2.15. The number of hydrogen-bond donors (Lipinski definition) is 2. The van der Waals surface area contributed by atoms with Gasteiger partial charge in [0, 0.05) is 17.6 Å². The molecule has 0 saturated heterocycles. The first-order chi connectivity index (χ1) is 9.90. The number of carboxylic acid groups (broad SMARTS) is 1. The first-order valence-electron chi connectivity index (χ1n) is 6.56. The molecule has 0 aromatic carbocycles. The van der Waals surface area contributed by atoms with Crippen molar-refractivity contribution in [3.05, 3.63) is 40.1 Å². The predicted molar refractivity (Wildman–Crippen MR) is 79.8 cm³/mol. The third-order valence-electron chi connectivity index (χ3n) is 3.03. The van der Waals surface area contributed by atoms with Crippen LogP contribution in [0.1, 0.15) is 58.8 Å². The maximum absolute atomic E-state index is 12.3. The fourth-order valence-corrected chi connectivity index (χ4v) is 2.75. The van der Waals surface area contributed by atoms with Crippen LogP contribution in [0.25, 0.3) is 0 Å². The second-order valence-corrected chi connectivity index (χ2v) is 5.86. The Kier molecular flexibility index (Phi) is 4.42.